The number of nitrogens with zero attached hydrogens (tertiary/aromatic N) is 1. The average Bonchev–Trinajstić information content (AvgIpc) is 3.25. The number of nitrogens with one attached hydrogen (secondary N) is 1. The molecule has 2 saturated heterocycles. The molecular formula is C23H23ClN2O3. The Morgan fingerprint density at radius 3 is 2.62 bits per heavy atom. The quantitative estimate of drug-likeness (QED) is 0.736. The maximum Gasteiger partial charge on any atom is 0.251 e. The first-order chi connectivity index (χ1) is 14.1. The van der Waals surface area contributed by atoms with Gasteiger partial charge in [-0.2, -0.15) is 0 Å². The van der Waals surface area contributed by atoms with Crippen LogP contribution in [0.15, 0.2) is 60.7 Å². The molecule has 2 aliphatic heterocycles. The molecule has 6 heteroatoms. The van der Waals surface area contributed by atoms with E-state index in [9.17, 15) is 9.59 Å². The van der Waals surface area contributed by atoms with Crippen molar-refractivity contribution in [3.63, 3.8) is 0 Å². The lowest BCUT2D eigenvalue weighted by Crippen LogP contribution is -2.70. The van der Waals surface area contributed by atoms with Crippen LogP contribution in [0.25, 0.3) is 6.08 Å². The van der Waals surface area contributed by atoms with Gasteiger partial charge in [-0.15, -0.1) is 0 Å². The van der Waals surface area contributed by atoms with Crippen molar-refractivity contribution >= 4 is 35.2 Å². The molecule has 0 aliphatic carbocycles. The van der Waals surface area contributed by atoms with Crippen LogP contribution in [0.1, 0.15) is 24.8 Å². The van der Waals surface area contributed by atoms with Gasteiger partial charge in [-0.05, 0) is 48.7 Å². The average molecular weight is 411 g/mol. The molecule has 2 amide bonds. The van der Waals surface area contributed by atoms with Gasteiger partial charge in [0, 0.05) is 23.9 Å². The smallest absolute Gasteiger partial charge is 0.251 e. The van der Waals surface area contributed by atoms with E-state index in [2.05, 4.69) is 5.32 Å². The van der Waals surface area contributed by atoms with E-state index in [0.29, 0.717) is 17.3 Å². The lowest BCUT2D eigenvalue weighted by molar-refractivity contribution is -0.137. The van der Waals surface area contributed by atoms with Crippen LogP contribution in [0.4, 0.5) is 5.69 Å². The van der Waals surface area contributed by atoms with Crippen LogP contribution in [0.5, 0.6) is 0 Å². The summed E-state index contributed by atoms with van der Waals surface area (Å²) in [5, 5.41) is 3.58. The highest BCUT2D eigenvalue weighted by molar-refractivity contribution is 6.30. The van der Waals surface area contributed by atoms with E-state index in [0.717, 1.165) is 25.0 Å². The molecule has 5 nitrogen and oxygen atoms in total. The van der Waals surface area contributed by atoms with Gasteiger partial charge in [-0.25, -0.2) is 0 Å². The zero-order valence-electron chi connectivity index (χ0n) is 16.0. The van der Waals surface area contributed by atoms with Gasteiger partial charge < -0.3 is 10.1 Å². The van der Waals surface area contributed by atoms with Gasteiger partial charge in [-0.1, -0.05) is 48.0 Å². The number of hydrogen-bond donors (Lipinski definition) is 1. The van der Waals surface area contributed by atoms with E-state index >= 15 is 0 Å². The summed E-state index contributed by atoms with van der Waals surface area (Å²) in [6, 6.07) is 16.7. The molecule has 0 aromatic heterocycles. The first-order valence-corrected chi connectivity index (χ1v) is 10.2. The van der Waals surface area contributed by atoms with Crippen LogP contribution in [0.3, 0.4) is 0 Å². The second kappa shape index (κ2) is 8.39. The molecule has 0 radical (unpaired) electrons. The first kappa shape index (κ1) is 19.7. The zero-order valence-corrected chi connectivity index (χ0v) is 16.8. The number of halogens is 1. The molecule has 150 valence electrons. The Morgan fingerprint density at radius 2 is 1.97 bits per heavy atom. The van der Waals surface area contributed by atoms with E-state index < -0.39 is 5.54 Å². The monoisotopic (exact) mass is 410 g/mol. The SMILES string of the molecule is O=C1CC(C=Cc2ccccc2)(C(=O)NCC2CCCO2)N1c1ccc(Cl)cc1. The summed E-state index contributed by atoms with van der Waals surface area (Å²) in [7, 11) is 0. The molecule has 2 fully saturated rings. The van der Waals surface area contributed by atoms with Crippen molar-refractivity contribution in [2.24, 2.45) is 0 Å². The standard InChI is InChI=1S/C23H23ClN2O3/c24-18-8-10-19(11-9-18)26-21(27)15-23(26,13-12-17-5-2-1-3-6-17)22(28)25-16-20-7-4-14-29-20/h1-3,5-6,8-13,20H,4,7,14-16H2,(H,25,28). The molecule has 4 rings (SSSR count). The summed E-state index contributed by atoms with van der Waals surface area (Å²) in [6.45, 7) is 1.18. The molecule has 2 aromatic carbocycles. The van der Waals surface area contributed by atoms with Crippen molar-refractivity contribution in [1.29, 1.82) is 0 Å². The summed E-state index contributed by atoms with van der Waals surface area (Å²) >= 11 is 6.00. The van der Waals surface area contributed by atoms with Crippen molar-refractivity contribution in [1.82, 2.24) is 5.32 Å². The van der Waals surface area contributed by atoms with Gasteiger partial charge in [0.2, 0.25) is 5.91 Å². The zero-order chi connectivity index (χ0) is 20.3. The molecule has 2 unspecified atom stereocenters. The van der Waals surface area contributed by atoms with Gasteiger partial charge in [0.25, 0.3) is 5.91 Å². The Morgan fingerprint density at radius 1 is 1.21 bits per heavy atom. The largest absolute Gasteiger partial charge is 0.376 e. The summed E-state index contributed by atoms with van der Waals surface area (Å²) < 4.78 is 5.61. The number of carbonyl (C=O) groups excluding carboxylic acids is 2. The lowest BCUT2D eigenvalue weighted by Gasteiger charge is -2.48. The van der Waals surface area contributed by atoms with Gasteiger partial charge in [-0.3, -0.25) is 14.5 Å². The van der Waals surface area contributed by atoms with E-state index in [1.165, 1.54) is 0 Å². The molecule has 2 aromatic rings. The summed E-state index contributed by atoms with van der Waals surface area (Å²) in [5.74, 6) is -0.299. The van der Waals surface area contributed by atoms with Crippen LogP contribution in [-0.2, 0) is 14.3 Å². The van der Waals surface area contributed by atoms with Crippen LogP contribution in [0.2, 0.25) is 5.02 Å². The third-order valence-corrected chi connectivity index (χ3v) is 5.66. The van der Waals surface area contributed by atoms with E-state index in [1.54, 1.807) is 29.2 Å². The summed E-state index contributed by atoms with van der Waals surface area (Å²) in [4.78, 5) is 27.4. The van der Waals surface area contributed by atoms with Crippen molar-refractivity contribution in [3.8, 4) is 0 Å². The second-order valence-electron chi connectivity index (χ2n) is 7.40. The third-order valence-electron chi connectivity index (χ3n) is 5.41. The van der Waals surface area contributed by atoms with E-state index in [1.807, 2.05) is 42.5 Å². The molecular weight excluding hydrogens is 388 g/mol. The van der Waals surface area contributed by atoms with Crippen LogP contribution in [0, 0.1) is 0 Å². The Hall–Kier alpha value is -2.63. The number of hydrogen-bond acceptors (Lipinski definition) is 3. The Balaban J connectivity index is 1.62. The molecule has 29 heavy (non-hydrogen) atoms. The number of anilines is 1. The second-order valence-corrected chi connectivity index (χ2v) is 7.83. The van der Waals surface area contributed by atoms with Crippen LogP contribution < -0.4 is 10.2 Å². The molecule has 2 atom stereocenters. The predicted molar refractivity (Wildman–Crippen MR) is 114 cm³/mol. The van der Waals surface area contributed by atoms with Gasteiger partial charge in [0.05, 0.1) is 12.5 Å². The number of amides is 2. The number of β-lactam (4-membered cyclic amide) rings is 1. The highest BCUT2D eigenvalue weighted by Gasteiger charge is 2.55. The minimum Gasteiger partial charge on any atom is -0.376 e. The van der Waals surface area contributed by atoms with Crippen molar-refractivity contribution in [2.75, 3.05) is 18.1 Å². The maximum atomic E-state index is 13.3. The highest BCUT2D eigenvalue weighted by Crippen LogP contribution is 2.39. The number of carbonyl (C=O) groups is 2. The predicted octanol–water partition coefficient (Wildman–Crippen LogP) is 3.82. The van der Waals surface area contributed by atoms with Gasteiger partial charge in [0.15, 0.2) is 5.54 Å². The van der Waals surface area contributed by atoms with Gasteiger partial charge in [0.1, 0.15) is 0 Å². The lowest BCUT2D eigenvalue weighted by atomic mass is 9.81. The fraction of sp³-hybridized carbons (Fsp3) is 0.304. The van der Waals surface area contributed by atoms with Crippen molar-refractivity contribution in [3.05, 3.63) is 71.3 Å². The molecule has 2 aliphatic rings. The van der Waals surface area contributed by atoms with Crippen molar-refractivity contribution in [2.45, 2.75) is 30.9 Å². The van der Waals surface area contributed by atoms with Gasteiger partial charge >= 0.3 is 0 Å². The topological polar surface area (TPSA) is 58.6 Å². The Kier molecular flexibility index (Phi) is 5.69. The molecule has 0 saturated carbocycles. The third kappa shape index (κ3) is 4.07. The Labute approximate surface area is 175 Å². The first-order valence-electron chi connectivity index (χ1n) is 9.81. The molecule has 0 bridgehead atoms. The minimum absolute atomic E-state index is 0.0360. The summed E-state index contributed by atoms with van der Waals surface area (Å²) in [6.07, 6.45) is 5.82. The van der Waals surface area contributed by atoms with Crippen LogP contribution in [-0.4, -0.2) is 36.6 Å². The summed E-state index contributed by atoms with van der Waals surface area (Å²) in [5.41, 5.74) is 0.546. The number of benzene rings is 2. The fourth-order valence-corrected chi connectivity index (χ4v) is 3.96. The Bertz CT molecular complexity index is 907. The number of rotatable bonds is 6. The minimum atomic E-state index is -1.07. The number of ether oxygens (including phenoxy) is 1. The normalized spacial score (nSPS) is 24.0. The molecule has 0 spiro atoms. The molecule has 1 N–H and O–H groups in total. The fourth-order valence-electron chi connectivity index (χ4n) is 3.84. The van der Waals surface area contributed by atoms with E-state index in [4.69, 9.17) is 16.3 Å². The molecule has 2 heterocycles. The van der Waals surface area contributed by atoms with Crippen molar-refractivity contribution < 1.29 is 14.3 Å². The maximum absolute atomic E-state index is 13.3. The highest BCUT2D eigenvalue weighted by atomic mass is 35.5. The van der Waals surface area contributed by atoms with Crippen LogP contribution >= 0.6 is 11.6 Å². The van der Waals surface area contributed by atoms with E-state index in [-0.39, 0.29) is 24.3 Å².